The van der Waals surface area contributed by atoms with E-state index in [0.717, 1.165) is 6.07 Å². The zero-order valence-electron chi connectivity index (χ0n) is 10.5. The molecule has 2 amide bonds. The molecule has 1 aromatic rings. The summed E-state index contributed by atoms with van der Waals surface area (Å²) in [6.07, 6.45) is 0.613. The predicted octanol–water partition coefficient (Wildman–Crippen LogP) is 1.32. The second kappa shape index (κ2) is 5.34. The van der Waals surface area contributed by atoms with Gasteiger partial charge in [0, 0.05) is 26.1 Å². The number of halogens is 2. The van der Waals surface area contributed by atoms with E-state index in [-0.39, 0.29) is 17.5 Å². The van der Waals surface area contributed by atoms with Crippen molar-refractivity contribution < 1.29 is 18.4 Å². The van der Waals surface area contributed by atoms with E-state index in [4.69, 9.17) is 0 Å². The SMILES string of the molecule is CC(=O)NC1CCN(C(=O)c2cccc(F)c2F)C1. The van der Waals surface area contributed by atoms with Crippen LogP contribution in [0.1, 0.15) is 23.7 Å². The number of rotatable bonds is 2. The molecule has 0 saturated carbocycles. The van der Waals surface area contributed by atoms with Gasteiger partial charge in [-0.05, 0) is 18.6 Å². The van der Waals surface area contributed by atoms with Gasteiger partial charge in [-0.1, -0.05) is 6.07 Å². The molecule has 0 aromatic heterocycles. The normalized spacial score (nSPS) is 18.5. The molecule has 1 aromatic carbocycles. The van der Waals surface area contributed by atoms with Crippen LogP contribution in [-0.4, -0.2) is 35.8 Å². The van der Waals surface area contributed by atoms with E-state index in [0.29, 0.717) is 19.5 Å². The van der Waals surface area contributed by atoms with Crippen molar-refractivity contribution in [1.29, 1.82) is 0 Å². The maximum absolute atomic E-state index is 13.5. The summed E-state index contributed by atoms with van der Waals surface area (Å²) in [5, 5.41) is 2.70. The van der Waals surface area contributed by atoms with Crippen molar-refractivity contribution in [2.75, 3.05) is 13.1 Å². The molecule has 102 valence electrons. The Balaban J connectivity index is 2.09. The number of hydrogen-bond acceptors (Lipinski definition) is 2. The van der Waals surface area contributed by atoms with Gasteiger partial charge in [0.2, 0.25) is 5.91 Å². The first kappa shape index (κ1) is 13.5. The summed E-state index contributed by atoms with van der Waals surface area (Å²) in [7, 11) is 0. The maximum Gasteiger partial charge on any atom is 0.257 e. The van der Waals surface area contributed by atoms with E-state index in [1.54, 1.807) is 0 Å². The summed E-state index contributed by atoms with van der Waals surface area (Å²) >= 11 is 0. The van der Waals surface area contributed by atoms with Crippen molar-refractivity contribution in [3.8, 4) is 0 Å². The third-order valence-corrected chi connectivity index (χ3v) is 3.06. The fourth-order valence-corrected chi connectivity index (χ4v) is 2.19. The summed E-state index contributed by atoms with van der Waals surface area (Å²) in [4.78, 5) is 24.4. The van der Waals surface area contributed by atoms with E-state index in [2.05, 4.69) is 5.32 Å². The molecule has 2 rings (SSSR count). The van der Waals surface area contributed by atoms with Gasteiger partial charge in [0.25, 0.3) is 5.91 Å². The Morgan fingerprint density at radius 2 is 2.11 bits per heavy atom. The van der Waals surface area contributed by atoms with Gasteiger partial charge in [0.1, 0.15) is 0 Å². The van der Waals surface area contributed by atoms with Crippen LogP contribution in [0.4, 0.5) is 8.78 Å². The zero-order chi connectivity index (χ0) is 14.0. The van der Waals surface area contributed by atoms with Gasteiger partial charge in [-0.3, -0.25) is 9.59 Å². The smallest absolute Gasteiger partial charge is 0.257 e. The highest BCUT2D eigenvalue weighted by molar-refractivity contribution is 5.94. The molecule has 0 aliphatic carbocycles. The van der Waals surface area contributed by atoms with Crippen LogP contribution < -0.4 is 5.32 Å². The van der Waals surface area contributed by atoms with Crippen LogP contribution in [0.3, 0.4) is 0 Å². The topological polar surface area (TPSA) is 49.4 Å². The number of likely N-dealkylation sites (tertiary alicyclic amines) is 1. The monoisotopic (exact) mass is 268 g/mol. The fraction of sp³-hybridized carbons (Fsp3) is 0.385. The molecular weight excluding hydrogens is 254 g/mol. The van der Waals surface area contributed by atoms with Crippen LogP contribution in [0.5, 0.6) is 0 Å². The van der Waals surface area contributed by atoms with Gasteiger partial charge in [0.05, 0.1) is 5.56 Å². The van der Waals surface area contributed by atoms with Gasteiger partial charge in [-0.2, -0.15) is 0 Å². The largest absolute Gasteiger partial charge is 0.352 e. The Morgan fingerprint density at radius 3 is 2.79 bits per heavy atom. The Hall–Kier alpha value is -1.98. The van der Waals surface area contributed by atoms with Crippen LogP contribution in [0.25, 0.3) is 0 Å². The maximum atomic E-state index is 13.5. The lowest BCUT2D eigenvalue weighted by Gasteiger charge is -2.17. The molecule has 0 spiro atoms. The van der Waals surface area contributed by atoms with Gasteiger partial charge in [-0.25, -0.2) is 8.78 Å². The van der Waals surface area contributed by atoms with Crippen molar-refractivity contribution in [2.45, 2.75) is 19.4 Å². The summed E-state index contributed by atoms with van der Waals surface area (Å²) in [6.45, 7) is 2.13. The standard InChI is InChI=1S/C13H14F2N2O2/c1-8(18)16-9-5-6-17(7-9)13(19)10-3-2-4-11(14)12(10)15/h2-4,9H,5-7H2,1H3,(H,16,18). The first-order chi connectivity index (χ1) is 8.99. The predicted molar refractivity (Wildman–Crippen MR) is 64.5 cm³/mol. The van der Waals surface area contributed by atoms with Crippen molar-refractivity contribution in [3.63, 3.8) is 0 Å². The molecule has 1 heterocycles. The molecule has 1 N–H and O–H groups in total. The Morgan fingerprint density at radius 1 is 1.37 bits per heavy atom. The minimum Gasteiger partial charge on any atom is -0.352 e. The molecule has 0 radical (unpaired) electrons. The van der Waals surface area contributed by atoms with Gasteiger partial charge >= 0.3 is 0 Å². The third kappa shape index (κ3) is 2.89. The van der Waals surface area contributed by atoms with Crippen molar-refractivity contribution in [2.24, 2.45) is 0 Å². The zero-order valence-corrected chi connectivity index (χ0v) is 10.5. The van der Waals surface area contributed by atoms with E-state index >= 15 is 0 Å². The first-order valence-electron chi connectivity index (χ1n) is 5.99. The van der Waals surface area contributed by atoms with Gasteiger partial charge in [0.15, 0.2) is 11.6 Å². The molecule has 1 atom stereocenters. The molecule has 0 bridgehead atoms. The minimum absolute atomic E-state index is 0.127. The van der Waals surface area contributed by atoms with Gasteiger partial charge < -0.3 is 10.2 Å². The van der Waals surface area contributed by atoms with Crippen molar-refractivity contribution in [3.05, 3.63) is 35.4 Å². The highest BCUT2D eigenvalue weighted by Gasteiger charge is 2.29. The number of nitrogens with zero attached hydrogens (tertiary/aromatic N) is 1. The lowest BCUT2D eigenvalue weighted by atomic mass is 10.2. The lowest BCUT2D eigenvalue weighted by Crippen LogP contribution is -2.37. The Labute approximate surface area is 109 Å². The highest BCUT2D eigenvalue weighted by atomic mass is 19.2. The molecule has 1 saturated heterocycles. The number of benzene rings is 1. The second-order valence-corrected chi connectivity index (χ2v) is 4.54. The van der Waals surface area contributed by atoms with E-state index < -0.39 is 17.5 Å². The highest BCUT2D eigenvalue weighted by Crippen LogP contribution is 2.17. The van der Waals surface area contributed by atoms with Crippen LogP contribution in [-0.2, 0) is 4.79 Å². The Kier molecular flexibility index (Phi) is 3.78. The number of carbonyl (C=O) groups excluding carboxylic acids is 2. The molecule has 19 heavy (non-hydrogen) atoms. The van der Waals surface area contributed by atoms with Crippen molar-refractivity contribution in [1.82, 2.24) is 10.2 Å². The van der Waals surface area contributed by atoms with Crippen LogP contribution in [0, 0.1) is 11.6 Å². The summed E-state index contributed by atoms with van der Waals surface area (Å²) in [6, 6.07) is 3.40. The summed E-state index contributed by atoms with van der Waals surface area (Å²) in [5.74, 6) is -2.89. The Bertz CT molecular complexity index is 519. The molecular formula is C13H14F2N2O2. The quantitative estimate of drug-likeness (QED) is 0.879. The second-order valence-electron chi connectivity index (χ2n) is 4.54. The number of hydrogen-bond donors (Lipinski definition) is 1. The molecule has 4 nitrogen and oxygen atoms in total. The van der Waals surface area contributed by atoms with Crippen LogP contribution in [0.2, 0.25) is 0 Å². The molecule has 1 aliphatic rings. The van der Waals surface area contributed by atoms with E-state index in [1.165, 1.54) is 24.0 Å². The molecule has 1 fully saturated rings. The molecule has 1 aliphatic heterocycles. The number of amides is 2. The average Bonchev–Trinajstić information content (AvgIpc) is 2.79. The fourth-order valence-electron chi connectivity index (χ4n) is 2.19. The van der Waals surface area contributed by atoms with Crippen LogP contribution in [0.15, 0.2) is 18.2 Å². The van der Waals surface area contributed by atoms with Gasteiger partial charge in [-0.15, -0.1) is 0 Å². The van der Waals surface area contributed by atoms with E-state index in [1.807, 2.05) is 0 Å². The summed E-state index contributed by atoms with van der Waals surface area (Å²) in [5.41, 5.74) is -0.275. The first-order valence-corrected chi connectivity index (χ1v) is 5.99. The summed E-state index contributed by atoms with van der Waals surface area (Å²) < 4.78 is 26.6. The van der Waals surface area contributed by atoms with Crippen molar-refractivity contribution >= 4 is 11.8 Å². The average molecular weight is 268 g/mol. The number of carbonyl (C=O) groups is 2. The molecule has 1 unspecified atom stereocenters. The number of nitrogens with one attached hydrogen (secondary N) is 1. The van der Waals surface area contributed by atoms with E-state index in [9.17, 15) is 18.4 Å². The van der Waals surface area contributed by atoms with Crippen LogP contribution >= 0.6 is 0 Å². The minimum atomic E-state index is -1.13. The lowest BCUT2D eigenvalue weighted by molar-refractivity contribution is -0.119. The third-order valence-electron chi connectivity index (χ3n) is 3.06. The molecule has 6 heteroatoms.